The summed E-state index contributed by atoms with van der Waals surface area (Å²) in [6, 6.07) is 16.8. The van der Waals surface area contributed by atoms with Crippen molar-refractivity contribution in [3.63, 3.8) is 0 Å². The molecule has 4 rings (SSSR count). The molecule has 4 nitrogen and oxygen atoms in total. The number of rotatable bonds is 1. The number of guanidine groups is 1. The Morgan fingerprint density at radius 3 is 2.56 bits per heavy atom. The van der Waals surface area contributed by atoms with Crippen LogP contribution >= 0.6 is 15.9 Å². The molecule has 0 aromatic heterocycles. The minimum absolute atomic E-state index is 0.0205. The van der Waals surface area contributed by atoms with Gasteiger partial charge in [-0.2, -0.15) is 0 Å². The average molecular weight is 428 g/mol. The zero-order valence-corrected chi connectivity index (χ0v) is 17.7. The molecule has 1 spiro atoms. The molecular formula is C22H26BrN3O. The molecule has 5 heteroatoms. The molecule has 2 aromatic rings. The normalized spacial score (nSPS) is 24.0. The van der Waals surface area contributed by atoms with Crippen molar-refractivity contribution in [2.75, 3.05) is 7.05 Å². The van der Waals surface area contributed by atoms with E-state index in [1.807, 2.05) is 19.9 Å². The molecular weight excluding hydrogens is 402 g/mol. The van der Waals surface area contributed by atoms with Gasteiger partial charge in [0.2, 0.25) is 5.91 Å². The second kappa shape index (κ2) is 7.85. The number of carbonyl (C=O) groups excluding carboxylic acids is 1. The molecule has 0 fully saturated rings. The van der Waals surface area contributed by atoms with E-state index in [9.17, 15) is 4.79 Å². The summed E-state index contributed by atoms with van der Waals surface area (Å²) < 4.78 is 1.00. The van der Waals surface area contributed by atoms with E-state index in [1.165, 1.54) is 16.0 Å². The largest absolute Gasteiger partial charge is 0.369 e. The van der Waals surface area contributed by atoms with Gasteiger partial charge in [0.05, 0.1) is 12.0 Å². The van der Waals surface area contributed by atoms with Crippen molar-refractivity contribution >= 4 is 27.8 Å². The van der Waals surface area contributed by atoms with Gasteiger partial charge in [-0.3, -0.25) is 9.69 Å². The number of benzene rings is 2. The number of aliphatic imine (C=N–C) groups is 1. The predicted molar refractivity (Wildman–Crippen MR) is 114 cm³/mol. The average Bonchev–Trinajstić information content (AvgIpc) is 2.69. The Morgan fingerprint density at radius 1 is 1.19 bits per heavy atom. The minimum Gasteiger partial charge on any atom is -0.369 e. The highest BCUT2D eigenvalue weighted by Crippen LogP contribution is 2.48. The number of fused-ring (bicyclic) bond motifs is 2. The number of nitrogens with two attached hydrogens (primary N) is 1. The summed E-state index contributed by atoms with van der Waals surface area (Å²) in [6.07, 6.45) is 2.10. The highest BCUT2D eigenvalue weighted by molar-refractivity contribution is 9.10. The van der Waals surface area contributed by atoms with Crippen molar-refractivity contribution < 1.29 is 4.79 Å². The molecule has 1 amide bonds. The summed E-state index contributed by atoms with van der Waals surface area (Å²) in [5.74, 6) is 0.644. The van der Waals surface area contributed by atoms with Crippen LogP contribution in [0.1, 0.15) is 49.3 Å². The number of carbonyl (C=O) groups is 1. The first-order chi connectivity index (χ1) is 13.0. The fourth-order valence-corrected chi connectivity index (χ4v) is 4.44. The number of amides is 1. The first-order valence-electron chi connectivity index (χ1n) is 9.44. The van der Waals surface area contributed by atoms with Crippen LogP contribution in [0.15, 0.2) is 58.0 Å². The SMILES string of the molecule is CC.CN1C(=O)CC2(CC(c3ccccc3)Cc3ccc(Br)cc32)N=C1N. The highest BCUT2D eigenvalue weighted by Gasteiger charge is 2.46. The van der Waals surface area contributed by atoms with Crippen LogP contribution in [0.4, 0.5) is 0 Å². The summed E-state index contributed by atoms with van der Waals surface area (Å²) >= 11 is 3.57. The lowest BCUT2D eigenvalue weighted by Crippen LogP contribution is -2.50. The summed E-state index contributed by atoms with van der Waals surface area (Å²) in [6.45, 7) is 4.00. The zero-order valence-electron chi connectivity index (χ0n) is 16.1. The molecule has 2 N–H and O–H groups in total. The molecule has 142 valence electrons. The molecule has 1 aliphatic carbocycles. The lowest BCUT2D eigenvalue weighted by molar-refractivity contribution is -0.128. The summed E-state index contributed by atoms with van der Waals surface area (Å²) in [5.41, 5.74) is 9.18. The number of halogens is 1. The van der Waals surface area contributed by atoms with Gasteiger partial charge < -0.3 is 5.73 Å². The lowest BCUT2D eigenvalue weighted by atomic mass is 9.68. The van der Waals surface area contributed by atoms with Crippen LogP contribution in [-0.4, -0.2) is 23.8 Å². The minimum atomic E-state index is -0.578. The monoisotopic (exact) mass is 427 g/mol. The van der Waals surface area contributed by atoms with E-state index in [0.29, 0.717) is 18.3 Å². The maximum atomic E-state index is 12.6. The molecule has 1 aliphatic heterocycles. The van der Waals surface area contributed by atoms with Crippen molar-refractivity contribution in [3.8, 4) is 0 Å². The fraction of sp³-hybridized carbons (Fsp3) is 0.364. The van der Waals surface area contributed by atoms with Gasteiger partial charge in [-0.05, 0) is 47.6 Å². The summed E-state index contributed by atoms with van der Waals surface area (Å²) in [4.78, 5) is 18.9. The van der Waals surface area contributed by atoms with Crippen molar-refractivity contribution in [2.24, 2.45) is 10.7 Å². The Bertz CT molecular complexity index is 865. The molecule has 0 bridgehead atoms. The summed E-state index contributed by atoms with van der Waals surface area (Å²) in [5, 5.41) is 0. The Morgan fingerprint density at radius 2 is 1.89 bits per heavy atom. The van der Waals surface area contributed by atoms with Gasteiger partial charge in [0.25, 0.3) is 0 Å². The fourth-order valence-electron chi connectivity index (χ4n) is 4.08. The number of hydrogen-bond donors (Lipinski definition) is 1. The van der Waals surface area contributed by atoms with Crippen molar-refractivity contribution in [1.82, 2.24) is 4.90 Å². The highest BCUT2D eigenvalue weighted by atomic mass is 79.9. The Balaban J connectivity index is 0.00000102. The van der Waals surface area contributed by atoms with Crippen molar-refractivity contribution in [2.45, 2.75) is 44.6 Å². The third-order valence-corrected chi connectivity index (χ3v) is 5.88. The predicted octanol–water partition coefficient (Wildman–Crippen LogP) is 4.58. The molecule has 2 aliphatic rings. The number of hydrogen-bond acceptors (Lipinski definition) is 3. The molecule has 2 unspecified atom stereocenters. The summed E-state index contributed by atoms with van der Waals surface area (Å²) in [7, 11) is 1.69. The molecule has 27 heavy (non-hydrogen) atoms. The van der Waals surface area contributed by atoms with Crippen molar-refractivity contribution in [1.29, 1.82) is 0 Å². The molecule has 0 radical (unpaired) electrons. The third kappa shape index (κ3) is 3.65. The van der Waals surface area contributed by atoms with E-state index in [2.05, 4.69) is 58.4 Å². The molecule has 2 aromatic carbocycles. The van der Waals surface area contributed by atoms with Crippen molar-refractivity contribution in [3.05, 3.63) is 69.7 Å². The molecule has 1 heterocycles. The Kier molecular flexibility index (Phi) is 5.70. The van der Waals surface area contributed by atoms with Crippen LogP contribution in [0.2, 0.25) is 0 Å². The first-order valence-corrected chi connectivity index (χ1v) is 10.2. The zero-order chi connectivity index (χ0) is 19.6. The van der Waals surface area contributed by atoms with E-state index in [-0.39, 0.29) is 5.91 Å². The van der Waals surface area contributed by atoms with Crippen LogP contribution in [0.3, 0.4) is 0 Å². The second-order valence-electron chi connectivity index (χ2n) is 6.95. The van der Waals surface area contributed by atoms with Crippen LogP contribution in [0, 0.1) is 0 Å². The van der Waals surface area contributed by atoms with Crippen LogP contribution in [0.25, 0.3) is 0 Å². The third-order valence-electron chi connectivity index (χ3n) is 5.38. The van der Waals surface area contributed by atoms with E-state index in [4.69, 9.17) is 10.7 Å². The second-order valence-corrected chi connectivity index (χ2v) is 7.86. The van der Waals surface area contributed by atoms with Gasteiger partial charge in [0.15, 0.2) is 5.96 Å². The van der Waals surface area contributed by atoms with Gasteiger partial charge in [-0.25, -0.2) is 4.99 Å². The maximum absolute atomic E-state index is 12.6. The van der Waals surface area contributed by atoms with Crippen LogP contribution in [-0.2, 0) is 16.8 Å². The van der Waals surface area contributed by atoms with Gasteiger partial charge in [0, 0.05) is 11.5 Å². The van der Waals surface area contributed by atoms with Gasteiger partial charge in [0.1, 0.15) is 0 Å². The quantitative estimate of drug-likeness (QED) is 0.723. The van der Waals surface area contributed by atoms with Gasteiger partial charge in [-0.15, -0.1) is 0 Å². The number of nitrogens with zero attached hydrogens (tertiary/aromatic N) is 2. The lowest BCUT2D eigenvalue weighted by Gasteiger charge is -2.43. The topological polar surface area (TPSA) is 58.7 Å². The van der Waals surface area contributed by atoms with E-state index in [1.54, 1.807) is 7.05 Å². The first kappa shape index (κ1) is 19.6. The van der Waals surface area contributed by atoms with E-state index < -0.39 is 5.54 Å². The Hall–Kier alpha value is -2.14. The Labute approximate surface area is 169 Å². The smallest absolute Gasteiger partial charge is 0.231 e. The van der Waals surface area contributed by atoms with E-state index in [0.717, 1.165) is 22.9 Å². The van der Waals surface area contributed by atoms with Crippen LogP contribution in [0.5, 0.6) is 0 Å². The van der Waals surface area contributed by atoms with Gasteiger partial charge in [-0.1, -0.05) is 66.2 Å². The maximum Gasteiger partial charge on any atom is 0.231 e. The molecule has 0 saturated carbocycles. The van der Waals surface area contributed by atoms with Crippen LogP contribution < -0.4 is 5.73 Å². The van der Waals surface area contributed by atoms with E-state index >= 15 is 0 Å². The standard InChI is InChI=1S/C20H20BrN3O.C2H6/c1-24-18(25)12-20(23-19(24)22)11-15(13-5-3-2-4-6-13)9-14-7-8-16(21)10-17(14)20;1-2/h2-8,10,15H,9,11-12H2,1H3,(H2,22,23);1-2H3. The molecule has 0 saturated heterocycles. The molecule has 2 atom stereocenters. The van der Waals surface area contributed by atoms with Gasteiger partial charge >= 0.3 is 0 Å².